The van der Waals surface area contributed by atoms with Gasteiger partial charge in [0.2, 0.25) is 0 Å². The summed E-state index contributed by atoms with van der Waals surface area (Å²) >= 11 is 0.719. The summed E-state index contributed by atoms with van der Waals surface area (Å²) in [6.07, 6.45) is -5.28. The van der Waals surface area contributed by atoms with Crippen LogP contribution in [0.2, 0.25) is 0 Å². The average molecular weight is 555 g/mol. The van der Waals surface area contributed by atoms with Crippen LogP contribution in [0.5, 0.6) is 0 Å². The van der Waals surface area contributed by atoms with E-state index in [2.05, 4.69) is 15.0 Å². The number of hydrogen-bond acceptors (Lipinski definition) is 8. The van der Waals surface area contributed by atoms with Crippen LogP contribution in [0.3, 0.4) is 0 Å². The molecule has 1 N–H and O–H groups in total. The van der Waals surface area contributed by atoms with Gasteiger partial charge in [0.1, 0.15) is 16.7 Å². The number of likely N-dealkylation sites (N-methyl/N-ethyl adjacent to an activating group) is 1. The van der Waals surface area contributed by atoms with Gasteiger partial charge in [-0.15, -0.1) is 0 Å². The minimum Gasteiger partial charge on any atom is -0.346 e. The minimum absolute atomic E-state index is 0.164. The van der Waals surface area contributed by atoms with Gasteiger partial charge in [0.05, 0.1) is 11.9 Å². The molecule has 37 heavy (non-hydrogen) atoms. The van der Waals surface area contributed by atoms with E-state index in [1.807, 2.05) is 21.9 Å². The smallest absolute Gasteiger partial charge is 0.346 e. The number of likely N-dealkylation sites (tertiary alicyclic amines) is 1. The molecule has 2 saturated heterocycles. The molecule has 2 aromatic heterocycles. The number of rotatable bonds is 5. The summed E-state index contributed by atoms with van der Waals surface area (Å²) in [6.45, 7) is 5.16. The molecule has 0 radical (unpaired) electrons. The van der Waals surface area contributed by atoms with Gasteiger partial charge in [-0.3, -0.25) is 4.79 Å². The van der Waals surface area contributed by atoms with E-state index in [1.54, 1.807) is 0 Å². The standard InChI is InChI=1S/C13H16F3N3O2.C9H12F3N3S/c14-13(15,16)10-7-11(17-18-12(10)21)9-3-1-4-19(8-9)5-2-6-20;1-14-2-4-15(5-3-14)8-13-6-7(16-8)9(10,11)12/h6-7,9H,1-5,8H2,(H,18,21);6H,2-5H2,1H3. The van der Waals surface area contributed by atoms with Gasteiger partial charge in [-0.25, -0.2) is 10.1 Å². The van der Waals surface area contributed by atoms with Gasteiger partial charge in [-0.2, -0.15) is 31.4 Å². The van der Waals surface area contributed by atoms with E-state index in [0.717, 1.165) is 69.0 Å². The van der Waals surface area contributed by atoms with Gasteiger partial charge >= 0.3 is 12.4 Å². The summed E-state index contributed by atoms with van der Waals surface area (Å²) in [5.41, 5.74) is -2.19. The van der Waals surface area contributed by atoms with Crippen molar-refractivity contribution in [1.82, 2.24) is 25.0 Å². The van der Waals surface area contributed by atoms with Gasteiger partial charge in [0, 0.05) is 51.6 Å². The molecule has 2 aliphatic heterocycles. The Balaban J connectivity index is 0.000000213. The molecule has 2 fully saturated rings. The van der Waals surface area contributed by atoms with Crippen LogP contribution in [0, 0.1) is 0 Å². The molecule has 0 amide bonds. The summed E-state index contributed by atoms with van der Waals surface area (Å²) in [5.74, 6) is -0.164. The molecule has 0 aromatic carbocycles. The van der Waals surface area contributed by atoms with Crippen LogP contribution in [-0.2, 0) is 17.1 Å². The van der Waals surface area contributed by atoms with E-state index in [1.165, 1.54) is 0 Å². The summed E-state index contributed by atoms with van der Waals surface area (Å²) < 4.78 is 75.3. The molecule has 4 rings (SSSR count). The molecular formula is C22H28F6N6O2S. The van der Waals surface area contributed by atoms with Crippen LogP contribution in [0.1, 0.15) is 41.3 Å². The number of nitrogens with one attached hydrogen (secondary N) is 1. The maximum atomic E-state index is 12.7. The normalized spacial score (nSPS) is 19.9. The van der Waals surface area contributed by atoms with Crippen molar-refractivity contribution in [1.29, 1.82) is 0 Å². The number of hydrogen-bond donors (Lipinski definition) is 1. The van der Waals surface area contributed by atoms with Crippen molar-refractivity contribution in [2.24, 2.45) is 0 Å². The molecule has 1 atom stereocenters. The van der Waals surface area contributed by atoms with E-state index in [4.69, 9.17) is 0 Å². The van der Waals surface area contributed by atoms with Crippen LogP contribution >= 0.6 is 11.3 Å². The van der Waals surface area contributed by atoms with E-state index in [-0.39, 0.29) is 11.6 Å². The maximum absolute atomic E-state index is 12.7. The van der Waals surface area contributed by atoms with Crippen molar-refractivity contribution in [2.75, 3.05) is 57.8 Å². The maximum Gasteiger partial charge on any atom is 0.427 e. The highest BCUT2D eigenvalue weighted by Gasteiger charge is 2.36. The molecule has 15 heteroatoms. The number of nitrogens with zero attached hydrogens (tertiary/aromatic N) is 5. The predicted molar refractivity (Wildman–Crippen MR) is 126 cm³/mol. The van der Waals surface area contributed by atoms with E-state index in [9.17, 15) is 35.9 Å². The summed E-state index contributed by atoms with van der Waals surface area (Å²) in [7, 11) is 2.00. The molecule has 0 spiro atoms. The number of H-pyrrole nitrogens is 1. The number of aldehydes is 1. The number of halogens is 6. The van der Waals surface area contributed by atoms with Crippen LogP contribution in [0.4, 0.5) is 31.5 Å². The Kier molecular flexibility index (Phi) is 9.69. The van der Waals surface area contributed by atoms with Crippen molar-refractivity contribution < 1.29 is 31.1 Å². The fourth-order valence-corrected chi connectivity index (χ4v) is 4.95. The molecule has 4 heterocycles. The third-order valence-corrected chi connectivity index (χ3v) is 7.27. The van der Waals surface area contributed by atoms with Gasteiger partial charge in [-0.1, -0.05) is 11.3 Å². The Morgan fingerprint density at radius 1 is 1.11 bits per heavy atom. The fourth-order valence-electron chi connectivity index (χ4n) is 4.12. The van der Waals surface area contributed by atoms with E-state index < -0.39 is 28.4 Å². The lowest BCUT2D eigenvalue weighted by Gasteiger charge is -2.32. The molecule has 0 bridgehead atoms. The first-order valence-electron chi connectivity index (χ1n) is 11.7. The molecular weight excluding hydrogens is 526 g/mol. The SMILES string of the molecule is CN1CCN(c2ncc(C(F)(F)F)s2)CC1.O=CCCN1CCCC(c2cc(C(F)(F)F)c(=O)[nH]n2)C1. The summed E-state index contributed by atoms with van der Waals surface area (Å²) in [5, 5.41) is 6.16. The number of carbonyl (C=O) groups is 1. The Morgan fingerprint density at radius 3 is 2.41 bits per heavy atom. The van der Waals surface area contributed by atoms with Crippen molar-refractivity contribution in [3.63, 3.8) is 0 Å². The Hall–Kier alpha value is -2.52. The van der Waals surface area contributed by atoms with Crippen molar-refractivity contribution in [2.45, 2.75) is 37.5 Å². The average Bonchev–Trinajstić information content (AvgIpc) is 3.35. The van der Waals surface area contributed by atoms with Crippen LogP contribution in [0.15, 0.2) is 17.1 Å². The highest BCUT2D eigenvalue weighted by atomic mass is 32.1. The zero-order chi connectivity index (χ0) is 27.2. The largest absolute Gasteiger partial charge is 0.427 e. The van der Waals surface area contributed by atoms with Crippen LogP contribution < -0.4 is 10.5 Å². The van der Waals surface area contributed by atoms with Gasteiger partial charge in [-0.05, 0) is 32.5 Å². The molecule has 1 unspecified atom stereocenters. The Labute approximate surface area is 213 Å². The zero-order valence-electron chi connectivity index (χ0n) is 20.1. The number of aromatic amines is 1. The monoisotopic (exact) mass is 554 g/mol. The Bertz CT molecular complexity index is 1080. The first-order valence-corrected chi connectivity index (χ1v) is 12.5. The van der Waals surface area contributed by atoms with Crippen molar-refractivity contribution in [3.8, 4) is 0 Å². The number of carbonyl (C=O) groups excluding carboxylic acids is 1. The van der Waals surface area contributed by atoms with Crippen molar-refractivity contribution in [3.05, 3.63) is 38.8 Å². The Morgan fingerprint density at radius 2 is 1.81 bits per heavy atom. The van der Waals surface area contributed by atoms with E-state index in [0.29, 0.717) is 31.1 Å². The first-order chi connectivity index (χ1) is 17.4. The fraction of sp³-hybridized carbons (Fsp3) is 0.636. The molecule has 2 aromatic rings. The highest BCUT2D eigenvalue weighted by Crippen LogP contribution is 2.36. The van der Waals surface area contributed by atoms with Crippen LogP contribution in [-0.4, -0.2) is 84.1 Å². The predicted octanol–water partition coefficient (Wildman–Crippen LogP) is 3.47. The third kappa shape index (κ3) is 8.23. The molecule has 206 valence electrons. The van der Waals surface area contributed by atoms with Crippen LogP contribution in [0.25, 0.3) is 0 Å². The summed E-state index contributed by atoms with van der Waals surface area (Å²) in [6, 6.07) is 0.840. The van der Waals surface area contributed by atoms with Gasteiger partial charge in [0.15, 0.2) is 5.13 Å². The first kappa shape index (κ1) is 29.0. The molecule has 8 nitrogen and oxygen atoms in total. The topological polar surface area (TPSA) is 85.4 Å². The minimum atomic E-state index is -4.68. The zero-order valence-corrected chi connectivity index (χ0v) is 20.9. The number of aromatic nitrogens is 3. The number of piperazine rings is 1. The number of piperidine rings is 1. The lowest BCUT2D eigenvalue weighted by molar-refractivity contribution is -0.139. The summed E-state index contributed by atoms with van der Waals surface area (Å²) in [4.78, 5) is 30.9. The van der Waals surface area contributed by atoms with E-state index >= 15 is 0 Å². The lowest BCUT2D eigenvalue weighted by atomic mass is 9.94. The molecule has 0 saturated carbocycles. The van der Waals surface area contributed by atoms with Gasteiger partial charge < -0.3 is 19.5 Å². The quantitative estimate of drug-likeness (QED) is 0.448. The second kappa shape index (κ2) is 12.3. The van der Waals surface area contributed by atoms with Gasteiger partial charge in [0.25, 0.3) is 5.56 Å². The lowest BCUT2D eigenvalue weighted by Crippen LogP contribution is -2.44. The number of anilines is 1. The van der Waals surface area contributed by atoms with Crippen molar-refractivity contribution >= 4 is 22.8 Å². The second-order valence-electron chi connectivity index (χ2n) is 8.92. The molecule has 2 aliphatic rings. The second-order valence-corrected chi connectivity index (χ2v) is 9.93. The number of alkyl halides is 6. The third-order valence-electron chi connectivity index (χ3n) is 6.16. The number of thiazole rings is 1. The molecule has 0 aliphatic carbocycles. The highest BCUT2D eigenvalue weighted by molar-refractivity contribution is 7.15.